The standard InChI is InChI=1S/C17H18O5S2/c1-12-3-7-14(8-4-12)24(19,20)22-16-11-13(6-10-17(18)23)5-9-15(16)21-2/h3-5,7-9,11H,6,10H2,1-2H3,(H,18,23). The Bertz CT molecular complexity index is 827. The van der Waals surface area contributed by atoms with Gasteiger partial charge in [0.25, 0.3) is 0 Å². The van der Waals surface area contributed by atoms with Crippen LogP contribution in [0.25, 0.3) is 0 Å². The van der Waals surface area contributed by atoms with Crippen molar-refractivity contribution in [3.63, 3.8) is 0 Å². The molecule has 7 heteroatoms. The Labute approximate surface area is 147 Å². The first-order valence-corrected chi connectivity index (χ1v) is 9.03. The van der Waals surface area contributed by atoms with Crippen LogP contribution in [-0.4, -0.2) is 25.7 Å². The lowest BCUT2D eigenvalue weighted by Gasteiger charge is -2.12. The summed E-state index contributed by atoms with van der Waals surface area (Å²) in [6.45, 7) is 1.87. The van der Waals surface area contributed by atoms with Crippen molar-refractivity contribution in [2.45, 2.75) is 24.7 Å². The van der Waals surface area contributed by atoms with Gasteiger partial charge in [-0.2, -0.15) is 8.42 Å². The summed E-state index contributed by atoms with van der Waals surface area (Å²) in [5.74, 6) is 0.403. The number of benzene rings is 2. The van der Waals surface area contributed by atoms with E-state index in [1.807, 2.05) is 6.92 Å². The number of hydrogen-bond acceptors (Lipinski definition) is 5. The Morgan fingerprint density at radius 2 is 1.79 bits per heavy atom. The fourth-order valence-corrected chi connectivity index (χ4v) is 3.10. The van der Waals surface area contributed by atoms with Gasteiger partial charge < -0.3 is 14.0 Å². The molecule has 0 heterocycles. The third-order valence-corrected chi connectivity index (χ3v) is 4.82. The minimum Gasteiger partial charge on any atom is -0.502 e. The summed E-state index contributed by atoms with van der Waals surface area (Å²) in [6.07, 6.45) is 0.784. The second-order valence-corrected chi connectivity index (χ2v) is 7.25. The van der Waals surface area contributed by atoms with Gasteiger partial charge in [0.15, 0.2) is 16.5 Å². The summed E-state index contributed by atoms with van der Waals surface area (Å²) < 4.78 is 35.3. The van der Waals surface area contributed by atoms with Crippen molar-refractivity contribution in [2.75, 3.05) is 7.11 Å². The Morgan fingerprint density at radius 1 is 1.12 bits per heavy atom. The lowest BCUT2D eigenvalue weighted by molar-refractivity contribution is 0.390. The van der Waals surface area contributed by atoms with E-state index in [0.717, 1.165) is 11.1 Å². The smallest absolute Gasteiger partial charge is 0.339 e. The second-order valence-electron chi connectivity index (χ2n) is 5.23. The van der Waals surface area contributed by atoms with E-state index in [9.17, 15) is 8.42 Å². The average molecular weight is 366 g/mol. The number of hydrogen-bond donors (Lipinski definition) is 1. The van der Waals surface area contributed by atoms with Crippen LogP contribution in [-0.2, 0) is 16.5 Å². The predicted octanol–water partition coefficient (Wildman–Crippen LogP) is 3.59. The molecule has 128 valence electrons. The van der Waals surface area contributed by atoms with Crippen molar-refractivity contribution in [1.29, 1.82) is 0 Å². The van der Waals surface area contributed by atoms with Gasteiger partial charge in [0, 0.05) is 6.42 Å². The number of aryl methyl sites for hydroxylation is 2. The molecular weight excluding hydrogens is 348 g/mol. The zero-order valence-corrected chi connectivity index (χ0v) is 15.0. The van der Waals surface area contributed by atoms with Gasteiger partial charge in [-0.25, -0.2) is 0 Å². The minimum absolute atomic E-state index is 0.0668. The molecule has 0 atom stereocenters. The van der Waals surface area contributed by atoms with Crippen molar-refractivity contribution in [1.82, 2.24) is 0 Å². The molecule has 0 saturated carbocycles. The first kappa shape index (κ1) is 18.2. The third-order valence-electron chi connectivity index (χ3n) is 3.36. The van der Waals surface area contributed by atoms with E-state index < -0.39 is 10.1 Å². The highest BCUT2D eigenvalue weighted by Gasteiger charge is 2.19. The number of ether oxygens (including phenoxy) is 1. The second kappa shape index (κ2) is 7.63. The third kappa shape index (κ3) is 4.69. The van der Waals surface area contributed by atoms with Crippen LogP contribution in [0.4, 0.5) is 0 Å². The van der Waals surface area contributed by atoms with Gasteiger partial charge in [-0.1, -0.05) is 23.8 Å². The fraction of sp³-hybridized carbons (Fsp3) is 0.235. The van der Waals surface area contributed by atoms with Crippen molar-refractivity contribution in [3.05, 3.63) is 53.6 Å². The van der Waals surface area contributed by atoms with E-state index in [0.29, 0.717) is 18.6 Å². The first-order valence-electron chi connectivity index (χ1n) is 7.21. The lowest BCUT2D eigenvalue weighted by Crippen LogP contribution is -2.10. The van der Waals surface area contributed by atoms with Crippen LogP contribution in [0.2, 0.25) is 0 Å². The molecule has 0 unspecified atom stereocenters. The van der Waals surface area contributed by atoms with Gasteiger partial charge in [-0.05, 0) is 55.4 Å². The molecular formula is C17H18O5S2. The molecule has 24 heavy (non-hydrogen) atoms. The van der Waals surface area contributed by atoms with Crippen molar-refractivity contribution in [2.24, 2.45) is 0 Å². The largest absolute Gasteiger partial charge is 0.502 e. The van der Waals surface area contributed by atoms with Crippen molar-refractivity contribution in [3.8, 4) is 11.5 Å². The summed E-state index contributed by atoms with van der Waals surface area (Å²) in [7, 11) is -2.53. The van der Waals surface area contributed by atoms with E-state index in [1.165, 1.54) is 19.2 Å². The van der Waals surface area contributed by atoms with E-state index in [4.69, 9.17) is 14.0 Å². The molecule has 1 N–H and O–H groups in total. The van der Waals surface area contributed by atoms with Crippen LogP contribution in [0.5, 0.6) is 11.5 Å². The molecule has 0 aliphatic rings. The van der Waals surface area contributed by atoms with Gasteiger partial charge in [0.05, 0.1) is 7.11 Å². The topological polar surface area (TPSA) is 72.8 Å². The van der Waals surface area contributed by atoms with Gasteiger partial charge in [-0.15, -0.1) is 0 Å². The Balaban J connectivity index is 2.30. The summed E-state index contributed by atoms with van der Waals surface area (Å²) >= 11 is 4.64. The highest BCUT2D eigenvalue weighted by Crippen LogP contribution is 2.31. The summed E-state index contributed by atoms with van der Waals surface area (Å²) in [6, 6.07) is 11.3. The molecule has 2 aromatic carbocycles. The van der Waals surface area contributed by atoms with Crippen LogP contribution in [0.1, 0.15) is 17.5 Å². The van der Waals surface area contributed by atoms with E-state index in [1.54, 1.807) is 30.3 Å². The molecule has 0 aromatic heterocycles. The normalized spacial score (nSPS) is 11.1. The highest BCUT2D eigenvalue weighted by molar-refractivity contribution is 7.87. The quantitative estimate of drug-likeness (QED) is 0.596. The van der Waals surface area contributed by atoms with Crippen LogP contribution < -0.4 is 8.92 Å². The molecule has 0 radical (unpaired) electrons. The number of aliphatic hydroxyl groups excluding tert-OH is 1. The summed E-state index contributed by atoms with van der Waals surface area (Å²) in [5.41, 5.74) is 1.73. The lowest BCUT2D eigenvalue weighted by atomic mass is 10.1. The maximum absolute atomic E-state index is 12.4. The highest BCUT2D eigenvalue weighted by atomic mass is 32.2. The number of rotatable bonds is 7. The van der Waals surface area contributed by atoms with E-state index in [-0.39, 0.29) is 15.7 Å². The van der Waals surface area contributed by atoms with Crippen molar-refractivity contribution < 1.29 is 22.4 Å². The zero-order valence-electron chi connectivity index (χ0n) is 13.4. The predicted molar refractivity (Wildman–Crippen MR) is 95.5 cm³/mol. The summed E-state index contributed by atoms with van der Waals surface area (Å²) in [5, 5.41) is 9.02. The Hall–Kier alpha value is -2.12. The van der Waals surface area contributed by atoms with Gasteiger partial charge in [0.1, 0.15) is 4.90 Å². The van der Waals surface area contributed by atoms with E-state index in [2.05, 4.69) is 12.2 Å². The molecule has 0 saturated heterocycles. The molecule has 0 fully saturated rings. The van der Waals surface area contributed by atoms with Crippen LogP contribution in [0.3, 0.4) is 0 Å². The molecule has 2 rings (SSSR count). The molecule has 0 bridgehead atoms. The van der Waals surface area contributed by atoms with E-state index >= 15 is 0 Å². The Morgan fingerprint density at radius 3 is 2.38 bits per heavy atom. The molecule has 2 aromatic rings. The maximum atomic E-state index is 12.4. The molecule has 0 aliphatic heterocycles. The number of aliphatic hydroxyl groups is 1. The molecule has 0 spiro atoms. The van der Waals surface area contributed by atoms with Gasteiger partial charge in [0.2, 0.25) is 0 Å². The number of methoxy groups -OCH3 is 1. The fourth-order valence-electron chi connectivity index (χ4n) is 2.06. The van der Waals surface area contributed by atoms with Crippen LogP contribution in [0.15, 0.2) is 47.4 Å². The molecule has 0 amide bonds. The van der Waals surface area contributed by atoms with Gasteiger partial charge in [-0.3, -0.25) is 0 Å². The van der Waals surface area contributed by atoms with Crippen LogP contribution >= 0.6 is 12.2 Å². The monoisotopic (exact) mass is 366 g/mol. The zero-order chi connectivity index (χ0) is 17.7. The molecule has 0 aliphatic carbocycles. The van der Waals surface area contributed by atoms with Gasteiger partial charge >= 0.3 is 10.1 Å². The van der Waals surface area contributed by atoms with Crippen molar-refractivity contribution >= 4 is 27.4 Å². The first-order chi connectivity index (χ1) is 11.3. The summed E-state index contributed by atoms with van der Waals surface area (Å²) in [4.78, 5) is 0.0668. The maximum Gasteiger partial charge on any atom is 0.339 e. The average Bonchev–Trinajstić information content (AvgIpc) is 2.53. The minimum atomic E-state index is -3.97. The van der Waals surface area contributed by atoms with Crippen LogP contribution in [0, 0.1) is 6.92 Å². The number of thiocarbonyl (C=S) groups is 1. The Kier molecular flexibility index (Phi) is 5.80. The SMILES string of the molecule is COc1ccc(CCC(O)=S)cc1OS(=O)(=O)c1ccc(C)cc1. The molecule has 5 nitrogen and oxygen atoms in total.